The Labute approximate surface area is 156 Å². The zero-order chi connectivity index (χ0) is 18.0. The van der Waals surface area contributed by atoms with Gasteiger partial charge in [-0.15, -0.1) is 0 Å². The largest absolute Gasteiger partial charge is 0.367 e. The summed E-state index contributed by atoms with van der Waals surface area (Å²) in [6.45, 7) is 4.61. The molecule has 0 aromatic heterocycles. The van der Waals surface area contributed by atoms with E-state index in [4.69, 9.17) is 4.74 Å². The van der Waals surface area contributed by atoms with Crippen LogP contribution in [0, 0.1) is 6.92 Å². The minimum absolute atomic E-state index is 0.0206. The monoisotopic (exact) mass is 345 g/mol. The van der Waals surface area contributed by atoms with Crippen LogP contribution in [0.2, 0.25) is 0 Å². The molecule has 134 valence electrons. The van der Waals surface area contributed by atoms with Gasteiger partial charge in [0.05, 0.1) is 6.61 Å². The maximum absolute atomic E-state index is 6.24. The number of aryl methyl sites for hydroxylation is 1. The third-order valence-corrected chi connectivity index (χ3v) is 4.48. The molecule has 0 aliphatic heterocycles. The first-order valence-corrected chi connectivity index (χ1v) is 9.31. The van der Waals surface area contributed by atoms with E-state index in [1.54, 1.807) is 0 Å². The van der Waals surface area contributed by atoms with Crippen LogP contribution in [0.5, 0.6) is 0 Å². The van der Waals surface area contributed by atoms with Gasteiger partial charge in [0, 0.05) is 6.54 Å². The van der Waals surface area contributed by atoms with E-state index in [0.717, 1.165) is 19.5 Å². The van der Waals surface area contributed by atoms with Gasteiger partial charge in [0.25, 0.3) is 0 Å². The van der Waals surface area contributed by atoms with E-state index in [9.17, 15) is 0 Å². The molecule has 0 amide bonds. The summed E-state index contributed by atoms with van der Waals surface area (Å²) in [7, 11) is 0. The summed E-state index contributed by atoms with van der Waals surface area (Å²) in [5.74, 6) is 0. The van der Waals surface area contributed by atoms with Gasteiger partial charge in [-0.25, -0.2) is 0 Å². The summed E-state index contributed by atoms with van der Waals surface area (Å²) in [5.41, 5.74) is 5.03. The molecule has 0 bridgehead atoms. The molecule has 3 aromatic carbocycles. The normalized spacial score (nSPS) is 12.0. The summed E-state index contributed by atoms with van der Waals surface area (Å²) in [6.07, 6.45) is 1.02. The third-order valence-electron chi connectivity index (χ3n) is 4.48. The van der Waals surface area contributed by atoms with Crippen molar-refractivity contribution in [2.45, 2.75) is 19.4 Å². The molecule has 1 N–H and O–H groups in total. The fourth-order valence-corrected chi connectivity index (χ4v) is 3.01. The van der Waals surface area contributed by atoms with E-state index in [-0.39, 0.29) is 6.10 Å². The van der Waals surface area contributed by atoms with Crippen molar-refractivity contribution in [2.24, 2.45) is 0 Å². The minimum Gasteiger partial charge on any atom is -0.367 e. The van der Waals surface area contributed by atoms with E-state index in [1.807, 2.05) is 6.07 Å². The second kappa shape index (κ2) is 9.91. The first kappa shape index (κ1) is 18.4. The predicted molar refractivity (Wildman–Crippen MR) is 108 cm³/mol. The average molecular weight is 345 g/mol. The molecular weight excluding hydrogens is 318 g/mol. The Kier molecular flexibility index (Phi) is 7.00. The van der Waals surface area contributed by atoms with Gasteiger partial charge in [-0.2, -0.15) is 0 Å². The molecule has 0 saturated carbocycles. The van der Waals surface area contributed by atoms with Gasteiger partial charge >= 0.3 is 0 Å². The van der Waals surface area contributed by atoms with Crippen LogP contribution in [0.25, 0.3) is 0 Å². The zero-order valence-corrected chi connectivity index (χ0v) is 15.4. The Hall–Kier alpha value is -2.42. The van der Waals surface area contributed by atoms with Gasteiger partial charge < -0.3 is 10.1 Å². The van der Waals surface area contributed by atoms with Crippen molar-refractivity contribution in [1.82, 2.24) is 5.32 Å². The lowest BCUT2D eigenvalue weighted by atomic mass is 10.0. The lowest BCUT2D eigenvalue weighted by Crippen LogP contribution is -2.23. The SMILES string of the molecule is Cc1ccc(C(OCCNCCc2ccccc2)c2ccccc2)cc1. The fraction of sp³-hybridized carbons (Fsp3) is 0.250. The average Bonchev–Trinajstić information content (AvgIpc) is 2.70. The quantitative estimate of drug-likeness (QED) is 0.555. The molecule has 26 heavy (non-hydrogen) atoms. The Morgan fingerprint density at radius 2 is 1.35 bits per heavy atom. The van der Waals surface area contributed by atoms with E-state index < -0.39 is 0 Å². The predicted octanol–water partition coefficient (Wildman–Crippen LogP) is 4.93. The van der Waals surface area contributed by atoms with Crippen LogP contribution >= 0.6 is 0 Å². The molecule has 0 aliphatic carbocycles. The maximum atomic E-state index is 6.24. The molecule has 0 saturated heterocycles. The molecule has 0 spiro atoms. The second-order valence-electron chi connectivity index (χ2n) is 6.56. The summed E-state index contributed by atoms with van der Waals surface area (Å²) in [4.78, 5) is 0. The van der Waals surface area contributed by atoms with Gasteiger partial charge in [0.1, 0.15) is 6.10 Å². The van der Waals surface area contributed by atoms with Gasteiger partial charge in [0.2, 0.25) is 0 Å². The number of rotatable bonds is 9. The molecule has 1 atom stereocenters. The third kappa shape index (κ3) is 5.55. The fourth-order valence-electron chi connectivity index (χ4n) is 3.01. The highest BCUT2D eigenvalue weighted by molar-refractivity contribution is 5.31. The Morgan fingerprint density at radius 1 is 0.731 bits per heavy atom. The summed E-state index contributed by atoms with van der Waals surface area (Å²) < 4.78 is 6.24. The van der Waals surface area contributed by atoms with E-state index >= 15 is 0 Å². The molecule has 0 radical (unpaired) electrons. The summed E-state index contributed by atoms with van der Waals surface area (Å²) in [5, 5.41) is 3.48. The van der Waals surface area contributed by atoms with Crippen LogP contribution in [-0.4, -0.2) is 19.7 Å². The smallest absolute Gasteiger partial charge is 0.108 e. The molecule has 0 aliphatic rings. The van der Waals surface area contributed by atoms with Crippen molar-refractivity contribution in [3.8, 4) is 0 Å². The molecule has 3 aromatic rings. The number of benzene rings is 3. The number of ether oxygens (including phenoxy) is 1. The Bertz CT molecular complexity index is 753. The lowest BCUT2D eigenvalue weighted by Gasteiger charge is -2.19. The standard InChI is InChI=1S/C24H27NO/c1-20-12-14-23(15-13-20)24(22-10-6-3-7-11-22)26-19-18-25-17-16-21-8-4-2-5-9-21/h2-15,24-25H,16-19H2,1H3. The number of nitrogens with one attached hydrogen (secondary N) is 1. The minimum atomic E-state index is -0.0206. The topological polar surface area (TPSA) is 21.3 Å². The van der Waals surface area contributed by atoms with Crippen molar-refractivity contribution >= 4 is 0 Å². The molecular formula is C24H27NO. The van der Waals surface area contributed by atoms with Crippen LogP contribution in [-0.2, 0) is 11.2 Å². The highest BCUT2D eigenvalue weighted by atomic mass is 16.5. The molecule has 2 nitrogen and oxygen atoms in total. The van der Waals surface area contributed by atoms with Crippen molar-refractivity contribution in [3.05, 3.63) is 107 Å². The van der Waals surface area contributed by atoms with Gasteiger partial charge in [-0.05, 0) is 36.6 Å². The molecule has 3 rings (SSSR count). The van der Waals surface area contributed by atoms with E-state index in [2.05, 4.69) is 91.1 Å². The molecule has 0 fully saturated rings. The van der Waals surface area contributed by atoms with Crippen LogP contribution in [0.3, 0.4) is 0 Å². The number of hydrogen-bond acceptors (Lipinski definition) is 2. The summed E-state index contributed by atoms with van der Waals surface area (Å²) in [6, 6.07) is 29.6. The van der Waals surface area contributed by atoms with Crippen molar-refractivity contribution in [2.75, 3.05) is 19.7 Å². The van der Waals surface area contributed by atoms with Crippen molar-refractivity contribution in [3.63, 3.8) is 0 Å². The molecule has 2 heteroatoms. The van der Waals surface area contributed by atoms with Crippen LogP contribution in [0.1, 0.15) is 28.4 Å². The molecule has 1 unspecified atom stereocenters. The number of hydrogen-bond donors (Lipinski definition) is 1. The van der Waals surface area contributed by atoms with Crippen LogP contribution in [0.4, 0.5) is 0 Å². The highest BCUT2D eigenvalue weighted by Crippen LogP contribution is 2.26. The van der Waals surface area contributed by atoms with Crippen molar-refractivity contribution in [1.29, 1.82) is 0 Å². The van der Waals surface area contributed by atoms with Crippen LogP contribution in [0.15, 0.2) is 84.9 Å². The summed E-state index contributed by atoms with van der Waals surface area (Å²) >= 11 is 0. The first-order valence-electron chi connectivity index (χ1n) is 9.31. The maximum Gasteiger partial charge on any atom is 0.108 e. The zero-order valence-electron chi connectivity index (χ0n) is 15.4. The Morgan fingerprint density at radius 3 is 2.04 bits per heavy atom. The van der Waals surface area contributed by atoms with Gasteiger partial charge in [-0.1, -0.05) is 90.5 Å². The van der Waals surface area contributed by atoms with Crippen LogP contribution < -0.4 is 5.32 Å². The van der Waals surface area contributed by atoms with E-state index in [1.165, 1.54) is 22.3 Å². The second-order valence-corrected chi connectivity index (χ2v) is 6.56. The van der Waals surface area contributed by atoms with Gasteiger partial charge in [0.15, 0.2) is 0 Å². The highest BCUT2D eigenvalue weighted by Gasteiger charge is 2.14. The van der Waals surface area contributed by atoms with E-state index in [0.29, 0.717) is 6.61 Å². The van der Waals surface area contributed by atoms with Gasteiger partial charge in [-0.3, -0.25) is 0 Å². The lowest BCUT2D eigenvalue weighted by molar-refractivity contribution is 0.0822. The first-order chi connectivity index (χ1) is 12.8. The molecule has 0 heterocycles. The van der Waals surface area contributed by atoms with Crippen molar-refractivity contribution < 1.29 is 4.74 Å². The Balaban J connectivity index is 1.51.